The van der Waals surface area contributed by atoms with Gasteiger partial charge in [0.05, 0.1) is 33.4 Å². The summed E-state index contributed by atoms with van der Waals surface area (Å²) in [6.07, 6.45) is 1.41. The maximum atomic E-state index is 11.6. The first-order chi connectivity index (χ1) is 13.6. The van der Waals surface area contributed by atoms with Gasteiger partial charge in [0, 0.05) is 6.08 Å². The molecule has 0 radical (unpaired) electrons. The van der Waals surface area contributed by atoms with E-state index in [1.165, 1.54) is 13.2 Å². The second-order valence-corrected chi connectivity index (χ2v) is 5.53. The van der Waals surface area contributed by atoms with Crippen LogP contribution < -0.4 is 24.7 Å². The van der Waals surface area contributed by atoms with Crippen LogP contribution in [-0.2, 0) is 4.79 Å². The lowest BCUT2D eigenvalue weighted by atomic mass is 9.97. The van der Waals surface area contributed by atoms with E-state index in [0.29, 0.717) is 35.0 Å². The van der Waals surface area contributed by atoms with Gasteiger partial charge < -0.3 is 24.7 Å². The monoisotopic (exact) mass is 382 g/mol. The Hall–Kier alpha value is -3.50. The van der Waals surface area contributed by atoms with Crippen LogP contribution >= 0.6 is 0 Å². The zero-order valence-electron chi connectivity index (χ0n) is 16.0. The third-order valence-electron chi connectivity index (χ3n) is 3.85. The zero-order valence-corrected chi connectivity index (χ0v) is 16.0. The molecular formula is C21H22N2O5. The van der Waals surface area contributed by atoms with E-state index in [1.54, 1.807) is 37.4 Å². The molecule has 0 aliphatic rings. The summed E-state index contributed by atoms with van der Waals surface area (Å²) in [5.74, 6) is 1.16. The number of nitriles is 1. The molecule has 0 atom stereocenters. The molecule has 0 aliphatic heterocycles. The zero-order chi connectivity index (χ0) is 20.5. The Balaban J connectivity index is 2.54. The van der Waals surface area contributed by atoms with Crippen LogP contribution in [0.5, 0.6) is 23.0 Å². The molecule has 0 fully saturated rings. The first-order valence-corrected chi connectivity index (χ1v) is 8.58. The minimum atomic E-state index is -0.593. The Bertz CT molecular complexity index is 915. The number of ether oxygens (including phenoxy) is 4. The number of carbonyl (C=O) groups is 1. The van der Waals surface area contributed by atoms with Crippen LogP contribution in [0.15, 0.2) is 42.5 Å². The normalized spacial score (nSPS) is 10.8. The molecular weight excluding hydrogens is 360 g/mol. The molecule has 2 rings (SSSR count). The molecule has 0 aliphatic carbocycles. The molecule has 2 aromatic rings. The lowest BCUT2D eigenvalue weighted by Crippen LogP contribution is -2.19. The van der Waals surface area contributed by atoms with Gasteiger partial charge >= 0.3 is 5.97 Å². The molecule has 0 aromatic heterocycles. The summed E-state index contributed by atoms with van der Waals surface area (Å²) >= 11 is 0. The van der Waals surface area contributed by atoms with Crippen LogP contribution in [0, 0.1) is 11.3 Å². The highest BCUT2D eigenvalue weighted by Crippen LogP contribution is 2.36. The van der Waals surface area contributed by atoms with Gasteiger partial charge in [-0.3, -0.25) is 4.79 Å². The maximum Gasteiger partial charge on any atom is 0.325 e. The van der Waals surface area contributed by atoms with E-state index in [4.69, 9.17) is 24.7 Å². The summed E-state index contributed by atoms with van der Waals surface area (Å²) in [5.41, 5.74) is 7.35. The summed E-state index contributed by atoms with van der Waals surface area (Å²) in [6.45, 7) is 2.09. The van der Waals surface area contributed by atoms with Crippen molar-refractivity contribution >= 4 is 11.5 Å². The largest absolute Gasteiger partial charge is 0.493 e. The van der Waals surface area contributed by atoms with Crippen molar-refractivity contribution < 1.29 is 23.7 Å². The number of carbonyl (C=O) groups excluding carboxylic acids is 1. The van der Waals surface area contributed by atoms with Gasteiger partial charge in [-0.1, -0.05) is 12.1 Å². The van der Waals surface area contributed by atoms with Crippen molar-refractivity contribution in [1.82, 2.24) is 0 Å². The van der Waals surface area contributed by atoms with Crippen molar-refractivity contribution in [2.45, 2.75) is 6.92 Å². The minimum absolute atomic E-state index is 0.220. The number of hydrogen-bond acceptors (Lipinski definition) is 7. The van der Waals surface area contributed by atoms with E-state index in [0.717, 1.165) is 5.56 Å². The fourth-order valence-corrected chi connectivity index (χ4v) is 2.60. The van der Waals surface area contributed by atoms with Crippen LogP contribution in [0.3, 0.4) is 0 Å². The smallest absolute Gasteiger partial charge is 0.325 e. The molecule has 7 heteroatoms. The van der Waals surface area contributed by atoms with Crippen LogP contribution in [0.4, 0.5) is 0 Å². The number of esters is 1. The summed E-state index contributed by atoms with van der Waals surface area (Å²) in [7, 11) is 3.03. The van der Waals surface area contributed by atoms with Crippen molar-refractivity contribution in [2.75, 3.05) is 27.4 Å². The van der Waals surface area contributed by atoms with Crippen LogP contribution in [0.2, 0.25) is 0 Å². The Labute approximate surface area is 163 Å². The number of rotatable bonds is 8. The van der Waals surface area contributed by atoms with Gasteiger partial charge in [-0.05, 0) is 47.9 Å². The van der Waals surface area contributed by atoms with Crippen molar-refractivity contribution in [3.05, 3.63) is 53.6 Å². The van der Waals surface area contributed by atoms with Gasteiger partial charge in [-0.15, -0.1) is 0 Å². The molecule has 2 aromatic carbocycles. The van der Waals surface area contributed by atoms with Crippen molar-refractivity contribution in [3.63, 3.8) is 0 Å². The van der Waals surface area contributed by atoms with E-state index < -0.39 is 5.97 Å². The molecule has 7 nitrogen and oxygen atoms in total. The van der Waals surface area contributed by atoms with E-state index >= 15 is 0 Å². The molecule has 146 valence electrons. The number of benzene rings is 2. The number of nitrogens with zero attached hydrogens (tertiary/aromatic N) is 1. The summed E-state index contributed by atoms with van der Waals surface area (Å²) < 4.78 is 21.4. The Kier molecular flexibility index (Phi) is 7.43. The summed E-state index contributed by atoms with van der Waals surface area (Å²) in [5, 5.41) is 9.28. The quantitative estimate of drug-likeness (QED) is 0.425. The number of allylic oxidation sites excluding steroid dienone is 1. The predicted molar refractivity (Wildman–Crippen MR) is 105 cm³/mol. The number of hydrogen-bond donors (Lipinski definition) is 1. The second-order valence-electron chi connectivity index (χ2n) is 5.53. The van der Waals surface area contributed by atoms with Gasteiger partial charge in [0.2, 0.25) is 0 Å². The standard InChI is InChI=1S/C21H22N2O5/c1-4-27-19-11-14(5-7-17(19)25-2)16(9-10-22)15-6-8-18(26-3)20(12-15)28-21(24)13-23/h5-9,11-12H,4,13,23H2,1-3H3/b16-9-. The van der Waals surface area contributed by atoms with Gasteiger partial charge in [-0.2, -0.15) is 5.26 Å². The SMILES string of the molecule is CCOc1cc(/C(=C/C#N)c2ccc(OC)c(OC(=O)CN)c2)ccc1OC. The fourth-order valence-electron chi connectivity index (χ4n) is 2.60. The lowest BCUT2D eigenvalue weighted by molar-refractivity contribution is -0.132. The topological polar surface area (TPSA) is 104 Å². The van der Waals surface area contributed by atoms with Gasteiger partial charge in [0.15, 0.2) is 23.0 Å². The average molecular weight is 382 g/mol. The lowest BCUT2D eigenvalue weighted by Gasteiger charge is -2.15. The van der Waals surface area contributed by atoms with E-state index in [-0.39, 0.29) is 12.3 Å². The predicted octanol–water partition coefficient (Wildman–Crippen LogP) is 2.92. The molecule has 28 heavy (non-hydrogen) atoms. The molecule has 0 saturated carbocycles. The van der Waals surface area contributed by atoms with E-state index in [9.17, 15) is 10.1 Å². The number of methoxy groups -OCH3 is 2. The highest BCUT2D eigenvalue weighted by atomic mass is 16.6. The molecule has 0 heterocycles. The van der Waals surface area contributed by atoms with Crippen LogP contribution in [0.25, 0.3) is 5.57 Å². The Morgan fingerprint density at radius 2 is 1.61 bits per heavy atom. The highest BCUT2D eigenvalue weighted by Gasteiger charge is 2.15. The molecule has 0 saturated heterocycles. The number of nitrogens with two attached hydrogens (primary N) is 1. The van der Waals surface area contributed by atoms with Crippen LogP contribution in [0.1, 0.15) is 18.1 Å². The molecule has 0 amide bonds. The van der Waals surface area contributed by atoms with E-state index in [2.05, 4.69) is 6.07 Å². The van der Waals surface area contributed by atoms with Crippen molar-refractivity contribution in [3.8, 4) is 29.1 Å². The van der Waals surface area contributed by atoms with Gasteiger partial charge in [0.25, 0.3) is 0 Å². The van der Waals surface area contributed by atoms with Gasteiger partial charge in [0.1, 0.15) is 0 Å². The fraction of sp³-hybridized carbons (Fsp3) is 0.238. The molecule has 0 bridgehead atoms. The molecule has 0 spiro atoms. The Morgan fingerprint density at radius 1 is 1.04 bits per heavy atom. The van der Waals surface area contributed by atoms with E-state index in [1.807, 2.05) is 13.0 Å². The minimum Gasteiger partial charge on any atom is -0.493 e. The van der Waals surface area contributed by atoms with Gasteiger partial charge in [-0.25, -0.2) is 0 Å². The third-order valence-corrected chi connectivity index (χ3v) is 3.85. The van der Waals surface area contributed by atoms with Crippen molar-refractivity contribution in [1.29, 1.82) is 5.26 Å². The first-order valence-electron chi connectivity index (χ1n) is 8.58. The highest BCUT2D eigenvalue weighted by molar-refractivity contribution is 5.84. The molecule has 2 N–H and O–H groups in total. The summed E-state index contributed by atoms with van der Waals surface area (Å²) in [4.78, 5) is 11.6. The maximum absolute atomic E-state index is 11.6. The summed E-state index contributed by atoms with van der Waals surface area (Å²) in [6, 6.07) is 12.5. The third kappa shape index (κ3) is 4.81. The molecule has 0 unspecified atom stereocenters. The van der Waals surface area contributed by atoms with Crippen LogP contribution in [-0.4, -0.2) is 33.3 Å². The first kappa shape index (κ1) is 20.8. The second kappa shape index (κ2) is 10.00. The van der Waals surface area contributed by atoms with Crippen molar-refractivity contribution in [2.24, 2.45) is 5.73 Å². The average Bonchev–Trinajstić information content (AvgIpc) is 2.72. The Morgan fingerprint density at radius 3 is 2.11 bits per heavy atom.